The van der Waals surface area contributed by atoms with Crippen LogP contribution in [0.2, 0.25) is 0 Å². The lowest BCUT2D eigenvalue weighted by Gasteiger charge is -2.09. The summed E-state index contributed by atoms with van der Waals surface area (Å²) in [5, 5.41) is 5.51. The normalized spacial score (nSPS) is 13.0. The zero-order valence-corrected chi connectivity index (χ0v) is 18.4. The number of rotatable bonds is 9. The van der Waals surface area contributed by atoms with Gasteiger partial charge in [0.05, 0.1) is 11.0 Å². The van der Waals surface area contributed by atoms with Crippen LogP contribution in [0.4, 0.5) is 5.69 Å². The van der Waals surface area contributed by atoms with E-state index in [2.05, 4.69) is 10.6 Å². The van der Waals surface area contributed by atoms with Gasteiger partial charge in [0.2, 0.25) is 0 Å². The molecule has 2 amide bonds. The average molecular weight is 450 g/mol. The van der Waals surface area contributed by atoms with Crippen LogP contribution in [0.5, 0.6) is 0 Å². The number of hydrogen-bond donors (Lipinski definition) is 2. The van der Waals surface area contributed by atoms with Crippen molar-refractivity contribution in [2.45, 2.75) is 45.3 Å². The number of esters is 1. The Morgan fingerprint density at radius 3 is 2.45 bits per heavy atom. The fraction of sp³-hybridized carbons (Fsp3) is 0.333. The van der Waals surface area contributed by atoms with Gasteiger partial charge < -0.3 is 15.4 Å². The molecule has 4 rings (SSSR count). The molecular weight excluding hydrogens is 424 g/mol. The lowest BCUT2D eigenvalue weighted by atomic mass is 10.2. The number of carbonyl (C=O) groups excluding carboxylic acids is 3. The molecule has 0 saturated heterocycles. The molecule has 1 saturated carbocycles. The summed E-state index contributed by atoms with van der Waals surface area (Å²) in [4.78, 5) is 49.5. The predicted molar refractivity (Wildman–Crippen MR) is 123 cm³/mol. The highest BCUT2D eigenvalue weighted by Gasteiger charge is 2.24. The minimum atomic E-state index is -0.691. The molecule has 1 aromatic heterocycles. The van der Waals surface area contributed by atoms with Gasteiger partial charge in [0.25, 0.3) is 11.8 Å². The molecule has 172 valence electrons. The molecule has 9 heteroatoms. The number of hydrogen-bond acceptors (Lipinski definition) is 5. The summed E-state index contributed by atoms with van der Waals surface area (Å²) in [7, 11) is 0. The number of nitrogens with zero attached hydrogens (tertiary/aromatic N) is 2. The van der Waals surface area contributed by atoms with Crippen LogP contribution in [0.3, 0.4) is 0 Å². The molecule has 0 aliphatic heterocycles. The molecule has 3 aromatic rings. The first kappa shape index (κ1) is 22.3. The highest BCUT2D eigenvalue weighted by molar-refractivity contribution is 5.98. The van der Waals surface area contributed by atoms with Crippen molar-refractivity contribution < 1.29 is 19.1 Å². The number of amides is 2. The predicted octanol–water partition coefficient (Wildman–Crippen LogP) is 2.29. The third-order valence-corrected chi connectivity index (χ3v) is 5.34. The quantitative estimate of drug-likeness (QED) is 0.486. The minimum absolute atomic E-state index is 0.187. The summed E-state index contributed by atoms with van der Waals surface area (Å²) in [5.41, 5.74) is 1.97. The summed E-state index contributed by atoms with van der Waals surface area (Å²) in [5.74, 6) is -1.42. The van der Waals surface area contributed by atoms with Gasteiger partial charge in [0.15, 0.2) is 6.61 Å². The van der Waals surface area contributed by atoms with Crippen LogP contribution >= 0.6 is 0 Å². The van der Waals surface area contributed by atoms with Crippen molar-refractivity contribution in [1.29, 1.82) is 0 Å². The molecule has 1 heterocycles. The lowest BCUT2D eigenvalue weighted by molar-refractivity contribution is -0.147. The van der Waals surface area contributed by atoms with E-state index in [1.165, 1.54) is 4.57 Å². The van der Waals surface area contributed by atoms with Crippen LogP contribution in [0.15, 0.2) is 53.3 Å². The molecule has 2 aromatic carbocycles. The van der Waals surface area contributed by atoms with Gasteiger partial charge in [-0.1, -0.05) is 25.1 Å². The Morgan fingerprint density at radius 1 is 1.03 bits per heavy atom. The Balaban J connectivity index is 1.35. The topological polar surface area (TPSA) is 111 Å². The SMILES string of the molecule is CCCn1c(=O)n(CC(=O)OCC(=O)Nc2cccc(C(=O)NC3CC3)c2)c2ccccc21. The van der Waals surface area contributed by atoms with Crippen molar-refractivity contribution in [3.05, 3.63) is 64.6 Å². The number of carbonyl (C=O) groups is 3. The third-order valence-electron chi connectivity index (χ3n) is 5.34. The van der Waals surface area contributed by atoms with Crippen LogP contribution in [-0.4, -0.2) is 39.6 Å². The van der Waals surface area contributed by atoms with Crippen LogP contribution in [-0.2, 0) is 27.4 Å². The second-order valence-electron chi connectivity index (χ2n) is 8.05. The van der Waals surface area contributed by atoms with Gasteiger partial charge >= 0.3 is 11.7 Å². The number of fused-ring (bicyclic) bond motifs is 1. The van der Waals surface area contributed by atoms with Crippen LogP contribution in [0.1, 0.15) is 36.5 Å². The Kier molecular flexibility index (Phi) is 6.58. The molecule has 0 atom stereocenters. The summed E-state index contributed by atoms with van der Waals surface area (Å²) in [6.45, 7) is 1.72. The highest BCUT2D eigenvalue weighted by Crippen LogP contribution is 2.20. The maximum absolute atomic E-state index is 12.8. The molecular formula is C24H26N4O5. The van der Waals surface area contributed by atoms with Crippen molar-refractivity contribution in [2.75, 3.05) is 11.9 Å². The van der Waals surface area contributed by atoms with E-state index in [0.29, 0.717) is 23.3 Å². The van der Waals surface area contributed by atoms with E-state index < -0.39 is 18.5 Å². The van der Waals surface area contributed by atoms with Gasteiger partial charge in [-0.15, -0.1) is 0 Å². The van der Waals surface area contributed by atoms with E-state index in [1.807, 2.05) is 19.1 Å². The summed E-state index contributed by atoms with van der Waals surface area (Å²) >= 11 is 0. The van der Waals surface area contributed by atoms with Gasteiger partial charge in [-0.2, -0.15) is 0 Å². The van der Waals surface area contributed by atoms with E-state index >= 15 is 0 Å². The van der Waals surface area contributed by atoms with E-state index in [0.717, 1.165) is 24.8 Å². The third kappa shape index (κ3) is 5.31. The van der Waals surface area contributed by atoms with Gasteiger partial charge in [0.1, 0.15) is 6.54 Å². The van der Waals surface area contributed by atoms with Crippen LogP contribution in [0.25, 0.3) is 11.0 Å². The molecule has 33 heavy (non-hydrogen) atoms. The first-order valence-corrected chi connectivity index (χ1v) is 11.0. The molecule has 0 unspecified atom stereocenters. The smallest absolute Gasteiger partial charge is 0.329 e. The van der Waals surface area contributed by atoms with Gasteiger partial charge in [0, 0.05) is 23.8 Å². The summed E-state index contributed by atoms with van der Waals surface area (Å²) in [6, 6.07) is 14.0. The summed E-state index contributed by atoms with van der Waals surface area (Å²) in [6.07, 6.45) is 2.75. The first-order valence-electron chi connectivity index (χ1n) is 11.0. The second kappa shape index (κ2) is 9.72. The largest absolute Gasteiger partial charge is 0.454 e. The average Bonchev–Trinajstić information content (AvgIpc) is 3.59. The molecule has 1 aliphatic rings. The minimum Gasteiger partial charge on any atom is -0.454 e. The van der Waals surface area contributed by atoms with Gasteiger partial charge in [-0.05, 0) is 49.6 Å². The van der Waals surface area contributed by atoms with Gasteiger partial charge in [-0.25, -0.2) is 4.79 Å². The van der Waals surface area contributed by atoms with E-state index in [9.17, 15) is 19.2 Å². The Labute approximate surface area is 190 Å². The van der Waals surface area contributed by atoms with E-state index in [4.69, 9.17) is 4.74 Å². The lowest BCUT2D eigenvalue weighted by Crippen LogP contribution is -2.29. The molecule has 0 spiro atoms. The highest BCUT2D eigenvalue weighted by atomic mass is 16.5. The van der Waals surface area contributed by atoms with E-state index in [1.54, 1.807) is 41.0 Å². The molecule has 1 aliphatic carbocycles. The van der Waals surface area contributed by atoms with Gasteiger partial charge in [-0.3, -0.25) is 23.5 Å². The number of aryl methyl sites for hydroxylation is 1. The van der Waals surface area contributed by atoms with Crippen molar-refractivity contribution in [2.24, 2.45) is 0 Å². The molecule has 1 fully saturated rings. The fourth-order valence-corrected chi connectivity index (χ4v) is 3.62. The Hall–Kier alpha value is -3.88. The first-order chi connectivity index (χ1) is 16.0. The number of nitrogens with one attached hydrogen (secondary N) is 2. The number of anilines is 1. The number of benzene rings is 2. The maximum Gasteiger partial charge on any atom is 0.329 e. The monoisotopic (exact) mass is 450 g/mol. The fourth-order valence-electron chi connectivity index (χ4n) is 3.62. The molecule has 2 N–H and O–H groups in total. The van der Waals surface area contributed by atoms with Crippen molar-refractivity contribution in [3.8, 4) is 0 Å². The maximum atomic E-state index is 12.8. The zero-order chi connectivity index (χ0) is 23.4. The molecule has 0 radical (unpaired) electrons. The molecule has 0 bridgehead atoms. The van der Waals surface area contributed by atoms with Crippen LogP contribution < -0.4 is 16.3 Å². The molecule has 9 nitrogen and oxygen atoms in total. The van der Waals surface area contributed by atoms with Crippen LogP contribution in [0, 0.1) is 0 Å². The van der Waals surface area contributed by atoms with Crippen molar-refractivity contribution in [1.82, 2.24) is 14.5 Å². The standard InChI is InChI=1S/C24H26N4O5/c1-2-12-27-19-8-3-4-9-20(19)28(24(27)32)14-22(30)33-15-21(29)25-18-7-5-6-16(13-18)23(31)26-17-10-11-17/h3-9,13,17H,2,10-12,14-15H2,1H3,(H,25,29)(H,26,31). The number of para-hydroxylation sites is 2. The Bertz CT molecular complexity index is 1260. The number of ether oxygens (including phenoxy) is 1. The Morgan fingerprint density at radius 2 is 1.76 bits per heavy atom. The van der Waals surface area contributed by atoms with E-state index in [-0.39, 0.29) is 24.2 Å². The summed E-state index contributed by atoms with van der Waals surface area (Å²) < 4.78 is 8.07. The van der Waals surface area contributed by atoms with Crippen molar-refractivity contribution in [3.63, 3.8) is 0 Å². The van der Waals surface area contributed by atoms with Crippen molar-refractivity contribution >= 4 is 34.5 Å². The second-order valence-corrected chi connectivity index (χ2v) is 8.05. The number of imidazole rings is 1. The number of aromatic nitrogens is 2. The zero-order valence-electron chi connectivity index (χ0n) is 18.4.